The third kappa shape index (κ3) is 0.852. The number of rotatable bonds is 1. The molecule has 0 atom stereocenters. The van der Waals surface area contributed by atoms with Crippen LogP contribution in [0.3, 0.4) is 0 Å². The Morgan fingerprint density at radius 2 is 2.36 bits per heavy atom. The molecule has 0 spiro atoms. The topological polar surface area (TPSA) is 40.7 Å². The lowest BCUT2D eigenvalue weighted by Gasteiger charge is -1.98. The summed E-state index contributed by atoms with van der Waals surface area (Å²) >= 11 is 0. The summed E-state index contributed by atoms with van der Waals surface area (Å²) in [6, 6.07) is 3.96. The van der Waals surface area contributed by atoms with E-state index in [-0.39, 0.29) is 0 Å². The summed E-state index contributed by atoms with van der Waals surface area (Å²) in [5, 5.41) is 4.23. The number of aromatic nitrogens is 2. The summed E-state index contributed by atoms with van der Waals surface area (Å²) < 4.78 is 0. The molecule has 0 bridgehead atoms. The highest BCUT2D eigenvalue weighted by atomic mass is 14.9. The van der Waals surface area contributed by atoms with Gasteiger partial charge in [-0.15, -0.1) is 0 Å². The minimum atomic E-state index is 0.928. The Labute approximate surface area is 64.5 Å². The summed E-state index contributed by atoms with van der Waals surface area (Å²) in [6.45, 7) is 0. The zero-order valence-corrected chi connectivity index (χ0v) is 6.26. The predicted molar refractivity (Wildman–Crippen MR) is 45.6 cm³/mol. The predicted octanol–water partition coefficient (Wildman–Crippen LogP) is 1.60. The van der Waals surface area contributed by atoms with Gasteiger partial charge in [0.25, 0.3) is 0 Å². The van der Waals surface area contributed by atoms with E-state index in [9.17, 15) is 0 Å². The highest BCUT2D eigenvalue weighted by Crippen LogP contribution is 2.18. The Hall–Kier alpha value is -1.51. The first-order valence-corrected chi connectivity index (χ1v) is 3.51. The van der Waals surface area contributed by atoms with Crippen LogP contribution < -0.4 is 5.32 Å². The van der Waals surface area contributed by atoms with E-state index < -0.39 is 0 Å². The van der Waals surface area contributed by atoms with Crippen molar-refractivity contribution >= 4 is 16.7 Å². The van der Waals surface area contributed by atoms with Gasteiger partial charge in [0.2, 0.25) is 0 Å². The molecule has 11 heavy (non-hydrogen) atoms. The van der Waals surface area contributed by atoms with E-state index >= 15 is 0 Å². The van der Waals surface area contributed by atoms with Crippen molar-refractivity contribution in [2.75, 3.05) is 12.4 Å². The zero-order valence-electron chi connectivity index (χ0n) is 6.26. The Morgan fingerprint density at radius 1 is 1.45 bits per heavy atom. The second kappa shape index (κ2) is 2.27. The molecule has 2 rings (SSSR count). The lowest BCUT2D eigenvalue weighted by Crippen LogP contribution is -1.88. The summed E-state index contributed by atoms with van der Waals surface area (Å²) in [5.41, 5.74) is 2.04. The molecule has 0 saturated heterocycles. The minimum Gasteiger partial charge on any atom is -0.387 e. The van der Waals surface area contributed by atoms with Gasteiger partial charge in [0.15, 0.2) is 0 Å². The number of hydrogen-bond acceptors (Lipinski definition) is 2. The van der Waals surface area contributed by atoms with Crippen molar-refractivity contribution in [1.82, 2.24) is 9.97 Å². The van der Waals surface area contributed by atoms with E-state index in [0.29, 0.717) is 0 Å². The molecular formula is C8H9N3. The number of aromatic amines is 1. The van der Waals surface area contributed by atoms with Crippen LogP contribution in [0.25, 0.3) is 11.0 Å². The molecule has 0 unspecified atom stereocenters. The average molecular weight is 147 g/mol. The Kier molecular flexibility index (Phi) is 1.28. The Balaban J connectivity index is 2.79. The normalized spacial score (nSPS) is 10.3. The molecule has 0 saturated carbocycles. The van der Waals surface area contributed by atoms with Crippen LogP contribution in [0.2, 0.25) is 0 Å². The maximum atomic E-state index is 4.15. The summed E-state index contributed by atoms with van der Waals surface area (Å²) in [7, 11) is 1.90. The lowest BCUT2D eigenvalue weighted by atomic mass is 10.3. The summed E-state index contributed by atoms with van der Waals surface area (Å²) in [5.74, 6) is 0. The van der Waals surface area contributed by atoms with Gasteiger partial charge < -0.3 is 10.3 Å². The van der Waals surface area contributed by atoms with Gasteiger partial charge in [-0.2, -0.15) is 0 Å². The third-order valence-corrected chi connectivity index (χ3v) is 1.73. The molecule has 2 aromatic rings. The van der Waals surface area contributed by atoms with Crippen LogP contribution in [0, 0.1) is 0 Å². The standard InChI is InChI=1S/C8H9N3/c1-9-7-3-5-11-8-6(7)2-4-10-8/h2-5H,1H3,(H2,9,10,11). The monoisotopic (exact) mass is 147 g/mol. The van der Waals surface area contributed by atoms with Crippen molar-refractivity contribution in [3.63, 3.8) is 0 Å². The van der Waals surface area contributed by atoms with Crippen LogP contribution in [0.1, 0.15) is 0 Å². The number of fused-ring (bicyclic) bond motifs is 1. The number of nitrogens with one attached hydrogen (secondary N) is 2. The molecular weight excluding hydrogens is 138 g/mol. The van der Waals surface area contributed by atoms with Crippen LogP contribution in [0.15, 0.2) is 24.5 Å². The Bertz CT molecular complexity index is 364. The first kappa shape index (κ1) is 6.22. The highest BCUT2D eigenvalue weighted by molar-refractivity contribution is 5.88. The van der Waals surface area contributed by atoms with Crippen molar-refractivity contribution in [3.8, 4) is 0 Å². The fourth-order valence-corrected chi connectivity index (χ4v) is 1.18. The molecule has 56 valence electrons. The average Bonchev–Trinajstić information content (AvgIpc) is 2.50. The summed E-state index contributed by atoms with van der Waals surface area (Å²) in [6.07, 6.45) is 3.67. The summed E-state index contributed by atoms with van der Waals surface area (Å²) in [4.78, 5) is 7.20. The molecule has 0 fully saturated rings. The molecule has 0 aromatic carbocycles. The molecule has 3 nitrogen and oxygen atoms in total. The highest BCUT2D eigenvalue weighted by Gasteiger charge is 1.98. The van der Waals surface area contributed by atoms with Gasteiger partial charge in [-0.1, -0.05) is 0 Å². The second-order valence-corrected chi connectivity index (χ2v) is 2.35. The molecule has 0 aliphatic carbocycles. The molecule has 0 radical (unpaired) electrons. The van der Waals surface area contributed by atoms with Gasteiger partial charge in [0.1, 0.15) is 5.65 Å². The van der Waals surface area contributed by atoms with Gasteiger partial charge in [-0.05, 0) is 12.1 Å². The fraction of sp³-hybridized carbons (Fsp3) is 0.125. The fourth-order valence-electron chi connectivity index (χ4n) is 1.18. The quantitative estimate of drug-likeness (QED) is 0.643. The maximum absolute atomic E-state index is 4.15. The third-order valence-electron chi connectivity index (χ3n) is 1.73. The minimum absolute atomic E-state index is 0.928. The van der Waals surface area contributed by atoms with E-state index in [4.69, 9.17) is 0 Å². The molecule has 2 aromatic heterocycles. The number of anilines is 1. The number of H-pyrrole nitrogens is 1. The first-order valence-electron chi connectivity index (χ1n) is 3.51. The van der Waals surface area contributed by atoms with Gasteiger partial charge in [-0.25, -0.2) is 4.98 Å². The SMILES string of the molecule is CNc1ccnc2[nH]ccc12. The van der Waals surface area contributed by atoms with Gasteiger partial charge in [-0.3, -0.25) is 0 Å². The van der Waals surface area contributed by atoms with Crippen molar-refractivity contribution in [2.24, 2.45) is 0 Å². The Morgan fingerprint density at radius 3 is 3.18 bits per heavy atom. The number of pyridine rings is 1. The molecule has 3 heteroatoms. The molecule has 0 amide bonds. The van der Waals surface area contributed by atoms with E-state index in [1.54, 1.807) is 6.20 Å². The van der Waals surface area contributed by atoms with Gasteiger partial charge >= 0.3 is 0 Å². The number of hydrogen-bond donors (Lipinski definition) is 2. The number of nitrogens with zero attached hydrogens (tertiary/aromatic N) is 1. The van der Waals surface area contributed by atoms with Crippen molar-refractivity contribution in [3.05, 3.63) is 24.5 Å². The van der Waals surface area contributed by atoms with Crippen LogP contribution in [0.5, 0.6) is 0 Å². The van der Waals surface area contributed by atoms with Gasteiger partial charge in [0.05, 0.1) is 0 Å². The second-order valence-electron chi connectivity index (χ2n) is 2.35. The molecule has 0 aliphatic heterocycles. The largest absolute Gasteiger partial charge is 0.387 e. The van der Waals surface area contributed by atoms with Crippen LogP contribution in [-0.4, -0.2) is 17.0 Å². The molecule has 2 heterocycles. The van der Waals surface area contributed by atoms with Crippen molar-refractivity contribution in [2.45, 2.75) is 0 Å². The van der Waals surface area contributed by atoms with E-state index in [2.05, 4.69) is 15.3 Å². The maximum Gasteiger partial charge on any atom is 0.139 e. The van der Waals surface area contributed by atoms with E-state index in [1.807, 2.05) is 25.4 Å². The molecule has 0 aliphatic rings. The van der Waals surface area contributed by atoms with E-state index in [1.165, 1.54) is 0 Å². The lowest BCUT2D eigenvalue weighted by molar-refractivity contribution is 1.32. The van der Waals surface area contributed by atoms with Gasteiger partial charge in [0, 0.05) is 30.5 Å². The van der Waals surface area contributed by atoms with Crippen LogP contribution in [-0.2, 0) is 0 Å². The van der Waals surface area contributed by atoms with Crippen molar-refractivity contribution < 1.29 is 0 Å². The smallest absolute Gasteiger partial charge is 0.139 e. The van der Waals surface area contributed by atoms with E-state index in [0.717, 1.165) is 16.7 Å². The van der Waals surface area contributed by atoms with Crippen LogP contribution >= 0.6 is 0 Å². The zero-order chi connectivity index (χ0) is 7.68. The van der Waals surface area contributed by atoms with Crippen molar-refractivity contribution in [1.29, 1.82) is 0 Å². The molecule has 2 N–H and O–H groups in total. The van der Waals surface area contributed by atoms with Crippen LogP contribution in [0.4, 0.5) is 5.69 Å². The first-order chi connectivity index (χ1) is 5.42.